The van der Waals surface area contributed by atoms with Gasteiger partial charge in [-0.1, -0.05) is 18.2 Å². The zero-order valence-electron chi connectivity index (χ0n) is 10.4. The van der Waals surface area contributed by atoms with Crippen LogP contribution in [0.1, 0.15) is 5.56 Å². The maximum Gasteiger partial charge on any atom is 0.119 e. The van der Waals surface area contributed by atoms with E-state index in [9.17, 15) is 0 Å². The van der Waals surface area contributed by atoms with E-state index in [-0.39, 0.29) is 0 Å². The van der Waals surface area contributed by atoms with Crippen LogP contribution < -0.4 is 9.47 Å². The summed E-state index contributed by atoms with van der Waals surface area (Å²) in [5.41, 5.74) is 2.89. The lowest BCUT2D eigenvalue weighted by atomic mass is 10.00. The van der Waals surface area contributed by atoms with Crippen LogP contribution in [0.2, 0.25) is 0 Å². The third kappa shape index (κ3) is 2.35. The molecule has 2 aromatic rings. The lowest BCUT2D eigenvalue weighted by molar-refractivity contribution is 0.414. The van der Waals surface area contributed by atoms with Crippen molar-refractivity contribution in [1.82, 2.24) is 0 Å². The second kappa shape index (κ2) is 5.36. The normalized spacial score (nSPS) is 9.89. The average molecular weight is 241 g/mol. The van der Waals surface area contributed by atoms with E-state index in [1.807, 2.05) is 42.5 Å². The highest BCUT2D eigenvalue weighted by Crippen LogP contribution is 2.27. The minimum absolute atomic E-state index is 0.755. The van der Waals surface area contributed by atoms with E-state index < -0.39 is 0 Å². The van der Waals surface area contributed by atoms with Gasteiger partial charge in [-0.15, -0.1) is 0 Å². The molecule has 1 N–H and O–H groups in total. The van der Waals surface area contributed by atoms with Gasteiger partial charge in [-0.3, -0.25) is 0 Å². The van der Waals surface area contributed by atoms with Crippen LogP contribution in [0.15, 0.2) is 42.5 Å². The Morgan fingerprint density at radius 2 is 1.50 bits per heavy atom. The van der Waals surface area contributed by atoms with E-state index in [0.717, 1.165) is 28.2 Å². The van der Waals surface area contributed by atoms with Crippen molar-refractivity contribution >= 4 is 6.21 Å². The molecule has 3 nitrogen and oxygen atoms in total. The number of benzene rings is 2. The molecular formula is C15H15NO2. The number of hydrogen-bond donors (Lipinski definition) is 1. The number of nitrogens with one attached hydrogen (secondary N) is 1. The first kappa shape index (κ1) is 12.2. The van der Waals surface area contributed by atoms with Crippen molar-refractivity contribution in [2.45, 2.75) is 0 Å². The molecule has 92 valence electrons. The number of methoxy groups -OCH3 is 2. The Hall–Kier alpha value is -2.29. The topological polar surface area (TPSA) is 42.3 Å². The molecule has 0 spiro atoms. The molecule has 2 aromatic carbocycles. The molecule has 0 fully saturated rings. The van der Waals surface area contributed by atoms with Crippen LogP contribution in [0.25, 0.3) is 11.1 Å². The van der Waals surface area contributed by atoms with Crippen LogP contribution in [0.3, 0.4) is 0 Å². The summed E-state index contributed by atoms with van der Waals surface area (Å²) in [4.78, 5) is 0. The van der Waals surface area contributed by atoms with Gasteiger partial charge < -0.3 is 14.9 Å². The Kier molecular flexibility index (Phi) is 3.63. The van der Waals surface area contributed by atoms with Crippen LogP contribution in [0, 0.1) is 5.41 Å². The molecule has 0 saturated heterocycles. The highest BCUT2D eigenvalue weighted by Gasteiger charge is 2.05. The first-order valence-electron chi connectivity index (χ1n) is 5.61. The third-order valence-corrected chi connectivity index (χ3v) is 2.82. The van der Waals surface area contributed by atoms with Crippen LogP contribution in [-0.2, 0) is 0 Å². The maximum absolute atomic E-state index is 7.48. The molecule has 0 bridgehead atoms. The fourth-order valence-electron chi connectivity index (χ4n) is 1.82. The molecule has 0 unspecified atom stereocenters. The first-order chi connectivity index (χ1) is 8.78. The molecule has 0 atom stereocenters. The SMILES string of the molecule is COc1ccc(-c2ccc(OC)cc2C=N)cc1. The van der Waals surface area contributed by atoms with Gasteiger partial charge in [-0.05, 0) is 35.4 Å². The number of ether oxygens (including phenoxy) is 2. The lowest BCUT2D eigenvalue weighted by Gasteiger charge is -2.09. The van der Waals surface area contributed by atoms with Crippen LogP contribution in [0.5, 0.6) is 11.5 Å². The van der Waals surface area contributed by atoms with Gasteiger partial charge in [0.15, 0.2) is 0 Å². The second-order valence-corrected chi connectivity index (χ2v) is 3.83. The largest absolute Gasteiger partial charge is 0.497 e. The van der Waals surface area contributed by atoms with Gasteiger partial charge in [0.2, 0.25) is 0 Å². The van der Waals surface area contributed by atoms with Gasteiger partial charge in [0.25, 0.3) is 0 Å². The van der Waals surface area contributed by atoms with E-state index >= 15 is 0 Å². The van der Waals surface area contributed by atoms with Crippen LogP contribution in [0.4, 0.5) is 0 Å². The first-order valence-corrected chi connectivity index (χ1v) is 5.61. The predicted octanol–water partition coefficient (Wildman–Crippen LogP) is 3.37. The minimum atomic E-state index is 0.755. The summed E-state index contributed by atoms with van der Waals surface area (Å²) in [5.74, 6) is 1.58. The Bertz CT molecular complexity index is 547. The minimum Gasteiger partial charge on any atom is -0.497 e. The van der Waals surface area contributed by atoms with Crippen molar-refractivity contribution < 1.29 is 9.47 Å². The fourth-order valence-corrected chi connectivity index (χ4v) is 1.82. The molecule has 0 saturated carbocycles. The number of hydrogen-bond acceptors (Lipinski definition) is 3. The summed E-state index contributed by atoms with van der Waals surface area (Å²) in [6.07, 6.45) is 1.34. The molecular weight excluding hydrogens is 226 g/mol. The van der Waals surface area contributed by atoms with E-state index in [4.69, 9.17) is 14.9 Å². The van der Waals surface area contributed by atoms with Crippen molar-refractivity contribution in [3.8, 4) is 22.6 Å². The molecule has 2 rings (SSSR count). The molecule has 18 heavy (non-hydrogen) atoms. The molecule has 0 heterocycles. The molecule has 3 heteroatoms. The molecule has 0 aromatic heterocycles. The highest BCUT2D eigenvalue weighted by atomic mass is 16.5. The summed E-state index contributed by atoms with van der Waals surface area (Å²) in [6, 6.07) is 13.5. The van der Waals surface area contributed by atoms with Gasteiger partial charge in [0.1, 0.15) is 11.5 Å². The highest BCUT2D eigenvalue weighted by molar-refractivity contribution is 5.89. The second-order valence-electron chi connectivity index (χ2n) is 3.83. The van der Waals surface area contributed by atoms with Crippen molar-refractivity contribution in [3.05, 3.63) is 48.0 Å². The van der Waals surface area contributed by atoms with E-state index in [0.29, 0.717) is 0 Å². The summed E-state index contributed by atoms with van der Waals surface area (Å²) < 4.78 is 10.3. The van der Waals surface area contributed by atoms with E-state index in [1.165, 1.54) is 6.21 Å². The fraction of sp³-hybridized carbons (Fsp3) is 0.133. The van der Waals surface area contributed by atoms with Gasteiger partial charge >= 0.3 is 0 Å². The quantitative estimate of drug-likeness (QED) is 0.834. The molecule has 0 aliphatic heterocycles. The van der Waals surface area contributed by atoms with Gasteiger partial charge in [0.05, 0.1) is 14.2 Å². The summed E-state index contributed by atoms with van der Waals surface area (Å²) in [5, 5.41) is 7.48. The van der Waals surface area contributed by atoms with Crippen molar-refractivity contribution in [3.63, 3.8) is 0 Å². The summed E-state index contributed by atoms with van der Waals surface area (Å²) in [7, 11) is 3.27. The molecule has 0 amide bonds. The van der Waals surface area contributed by atoms with E-state index in [1.54, 1.807) is 14.2 Å². The Morgan fingerprint density at radius 3 is 2.06 bits per heavy atom. The van der Waals surface area contributed by atoms with Gasteiger partial charge in [-0.2, -0.15) is 0 Å². The Labute approximate surface area is 106 Å². The van der Waals surface area contributed by atoms with Crippen molar-refractivity contribution in [2.75, 3.05) is 14.2 Å². The maximum atomic E-state index is 7.48. The molecule has 0 radical (unpaired) electrons. The number of rotatable bonds is 4. The zero-order valence-corrected chi connectivity index (χ0v) is 10.4. The van der Waals surface area contributed by atoms with Crippen molar-refractivity contribution in [2.24, 2.45) is 0 Å². The average Bonchev–Trinajstić information content (AvgIpc) is 2.46. The van der Waals surface area contributed by atoms with Gasteiger partial charge in [0, 0.05) is 11.8 Å². The zero-order chi connectivity index (χ0) is 13.0. The standard InChI is InChI=1S/C15H15NO2/c1-17-13-5-3-11(4-6-13)15-8-7-14(18-2)9-12(15)10-16/h3-10,16H,1-2H3. The van der Waals surface area contributed by atoms with Crippen LogP contribution >= 0.6 is 0 Å². The summed E-state index contributed by atoms with van der Waals surface area (Å²) >= 11 is 0. The molecule has 0 aliphatic carbocycles. The third-order valence-electron chi connectivity index (χ3n) is 2.82. The lowest BCUT2D eigenvalue weighted by Crippen LogP contribution is -1.91. The van der Waals surface area contributed by atoms with Gasteiger partial charge in [-0.25, -0.2) is 0 Å². The van der Waals surface area contributed by atoms with Crippen molar-refractivity contribution in [1.29, 1.82) is 5.41 Å². The Morgan fingerprint density at radius 1 is 0.889 bits per heavy atom. The monoisotopic (exact) mass is 241 g/mol. The smallest absolute Gasteiger partial charge is 0.119 e. The van der Waals surface area contributed by atoms with Crippen LogP contribution in [-0.4, -0.2) is 20.4 Å². The molecule has 0 aliphatic rings. The Balaban J connectivity index is 2.45. The summed E-state index contributed by atoms with van der Waals surface area (Å²) in [6.45, 7) is 0. The van der Waals surface area contributed by atoms with E-state index in [2.05, 4.69) is 0 Å². The predicted molar refractivity (Wildman–Crippen MR) is 72.9 cm³/mol.